The van der Waals surface area contributed by atoms with Gasteiger partial charge in [0.05, 0.1) is 18.8 Å². The Kier molecular flexibility index (Phi) is 5.00. The van der Waals surface area contributed by atoms with E-state index in [4.69, 9.17) is 9.16 Å². The summed E-state index contributed by atoms with van der Waals surface area (Å²) in [6.07, 6.45) is 0.559. The van der Waals surface area contributed by atoms with Gasteiger partial charge in [0.2, 0.25) is 0 Å². The van der Waals surface area contributed by atoms with Gasteiger partial charge in [0, 0.05) is 18.7 Å². The van der Waals surface area contributed by atoms with Gasteiger partial charge in [-0.1, -0.05) is 20.8 Å². The minimum Gasteiger partial charge on any atom is -0.409 e. The Hall–Kier alpha value is -1.22. The van der Waals surface area contributed by atoms with Crippen molar-refractivity contribution in [3.63, 3.8) is 0 Å². The van der Waals surface area contributed by atoms with Crippen molar-refractivity contribution in [3.8, 4) is 0 Å². The second-order valence-electron chi connectivity index (χ2n) is 7.50. The molecule has 8 heteroatoms. The third-order valence-corrected chi connectivity index (χ3v) is 9.23. The molecular formula is C15H26N2O5Si. The normalized spacial score (nSPS) is 25.7. The van der Waals surface area contributed by atoms with E-state index < -0.39 is 25.8 Å². The molecule has 0 spiro atoms. The third-order valence-electron chi connectivity index (χ3n) is 4.73. The summed E-state index contributed by atoms with van der Waals surface area (Å²) >= 11 is 0. The zero-order valence-corrected chi connectivity index (χ0v) is 15.3. The Bertz CT molecular complexity index is 661. The van der Waals surface area contributed by atoms with Gasteiger partial charge in [0.15, 0.2) is 14.5 Å². The Morgan fingerprint density at radius 3 is 2.61 bits per heavy atom. The molecule has 2 N–H and O–H groups in total. The molecule has 2 rings (SSSR count). The van der Waals surface area contributed by atoms with E-state index in [0.29, 0.717) is 6.42 Å². The first-order valence-corrected chi connectivity index (χ1v) is 10.7. The number of ether oxygens (including phenoxy) is 1. The number of aromatic nitrogens is 2. The highest BCUT2D eigenvalue weighted by molar-refractivity contribution is 6.74. The maximum Gasteiger partial charge on any atom is 0.330 e. The molecule has 7 nitrogen and oxygen atoms in total. The molecule has 1 aliphatic heterocycles. The van der Waals surface area contributed by atoms with Gasteiger partial charge in [-0.15, -0.1) is 0 Å². The van der Waals surface area contributed by atoms with Crippen LogP contribution < -0.4 is 11.2 Å². The fraction of sp³-hybridized carbons (Fsp3) is 0.733. The lowest BCUT2D eigenvalue weighted by molar-refractivity contribution is -0.0503. The van der Waals surface area contributed by atoms with Crippen LogP contribution >= 0.6 is 0 Å². The van der Waals surface area contributed by atoms with Crippen molar-refractivity contribution in [2.24, 2.45) is 0 Å². The van der Waals surface area contributed by atoms with Crippen LogP contribution in [0.5, 0.6) is 0 Å². The summed E-state index contributed by atoms with van der Waals surface area (Å²) in [7, 11) is -2.06. The molecule has 3 atom stereocenters. The maximum absolute atomic E-state index is 12.1. The summed E-state index contributed by atoms with van der Waals surface area (Å²) in [6, 6.07) is 1.28. The minimum absolute atomic E-state index is 0.0187. The fourth-order valence-electron chi connectivity index (χ4n) is 2.37. The molecule has 1 saturated heterocycles. The predicted octanol–water partition coefficient (Wildman–Crippen LogP) is 1.21. The molecule has 0 amide bonds. The molecule has 1 aromatic heterocycles. The van der Waals surface area contributed by atoms with Gasteiger partial charge < -0.3 is 14.3 Å². The summed E-state index contributed by atoms with van der Waals surface area (Å²) in [5, 5.41) is 9.42. The Morgan fingerprint density at radius 2 is 2.09 bits per heavy atom. The van der Waals surface area contributed by atoms with Crippen molar-refractivity contribution in [1.29, 1.82) is 0 Å². The van der Waals surface area contributed by atoms with Crippen molar-refractivity contribution in [2.45, 2.75) is 63.8 Å². The highest BCUT2D eigenvalue weighted by atomic mass is 28.4. The molecule has 1 aromatic rings. The number of hydrogen-bond donors (Lipinski definition) is 2. The van der Waals surface area contributed by atoms with Gasteiger partial charge in [-0.2, -0.15) is 0 Å². The summed E-state index contributed by atoms with van der Waals surface area (Å²) in [5.74, 6) is 0. The van der Waals surface area contributed by atoms with Crippen LogP contribution in [0.25, 0.3) is 0 Å². The number of aromatic amines is 1. The average molecular weight is 342 g/mol. The number of H-pyrrole nitrogens is 1. The van der Waals surface area contributed by atoms with Gasteiger partial charge in [-0.25, -0.2) is 4.79 Å². The second kappa shape index (κ2) is 6.35. The molecule has 0 radical (unpaired) electrons. The van der Waals surface area contributed by atoms with E-state index in [1.54, 1.807) is 0 Å². The van der Waals surface area contributed by atoms with Crippen LogP contribution in [0.1, 0.15) is 33.4 Å². The van der Waals surface area contributed by atoms with Crippen molar-refractivity contribution in [2.75, 3.05) is 6.61 Å². The standard InChI is InChI=1S/C15H26N2O5Si/c1-15(2,3)23(4,5)22-11-8-10(9-18)21-13(11)17-7-6-12(19)16-14(17)20/h6-7,10-11,13,18H,8-9H2,1-5H3,(H,16,19,20)/t10-,11-,13+/m0/s1. The lowest BCUT2D eigenvalue weighted by Crippen LogP contribution is -2.46. The van der Waals surface area contributed by atoms with Crippen molar-refractivity contribution in [3.05, 3.63) is 33.1 Å². The zero-order valence-electron chi connectivity index (χ0n) is 14.3. The second-order valence-corrected chi connectivity index (χ2v) is 12.3. The summed E-state index contributed by atoms with van der Waals surface area (Å²) in [5.41, 5.74) is -0.991. The Morgan fingerprint density at radius 1 is 1.43 bits per heavy atom. The fourth-order valence-corrected chi connectivity index (χ4v) is 3.69. The molecule has 0 saturated carbocycles. The quantitative estimate of drug-likeness (QED) is 0.802. The smallest absolute Gasteiger partial charge is 0.330 e. The van der Waals surface area contributed by atoms with Crippen LogP contribution in [0.2, 0.25) is 18.1 Å². The lowest BCUT2D eigenvalue weighted by Gasteiger charge is -2.39. The van der Waals surface area contributed by atoms with Gasteiger partial charge in [-0.05, 0) is 18.1 Å². The summed E-state index contributed by atoms with van der Waals surface area (Å²) in [6.45, 7) is 10.5. The van der Waals surface area contributed by atoms with E-state index in [1.807, 2.05) is 0 Å². The highest BCUT2D eigenvalue weighted by Gasteiger charge is 2.45. The van der Waals surface area contributed by atoms with Crippen LogP contribution in [0.15, 0.2) is 21.9 Å². The highest BCUT2D eigenvalue weighted by Crippen LogP contribution is 2.41. The molecule has 23 heavy (non-hydrogen) atoms. The molecule has 0 bridgehead atoms. The molecule has 1 aliphatic rings. The van der Waals surface area contributed by atoms with E-state index >= 15 is 0 Å². The van der Waals surface area contributed by atoms with Crippen molar-refractivity contribution >= 4 is 8.32 Å². The first kappa shape index (κ1) is 18.1. The number of rotatable bonds is 4. The van der Waals surface area contributed by atoms with E-state index in [1.165, 1.54) is 16.8 Å². The van der Waals surface area contributed by atoms with Gasteiger partial charge in [0.25, 0.3) is 5.56 Å². The molecule has 2 heterocycles. The number of aliphatic hydroxyl groups is 1. The first-order chi connectivity index (χ1) is 10.5. The van der Waals surface area contributed by atoms with Crippen LogP contribution in [-0.2, 0) is 9.16 Å². The monoisotopic (exact) mass is 342 g/mol. The summed E-state index contributed by atoms with van der Waals surface area (Å²) in [4.78, 5) is 25.5. The van der Waals surface area contributed by atoms with Crippen LogP contribution in [-0.4, -0.2) is 41.8 Å². The number of nitrogens with one attached hydrogen (secondary N) is 1. The molecular weight excluding hydrogens is 316 g/mol. The van der Waals surface area contributed by atoms with Crippen molar-refractivity contribution < 1.29 is 14.3 Å². The SMILES string of the molecule is CC(C)(C)[Si](C)(C)O[C@H]1C[C@@H](CO)O[C@H]1n1ccc(=O)[nH]c1=O. The maximum atomic E-state index is 12.1. The van der Waals surface area contributed by atoms with Crippen LogP contribution in [0.3, 0.4) is 0 Å². The first-order valence-electron chi connectivity index (χ1n) is 7.81. The van der Waals surface area contributed by atoms with E-state index in [2.05, 4.69) is 38.8 Å². The molecule has 0 aliphatic carbocycles. The lowest BCUT2D eigenvalue weighted by atomic mass is 10.2. The van der Waals surface area contributed by atoms with Gasteiger partial charge in [0.1, 0.15) is 0 Å². The summed E-state index contributed by atoms with van der Waals surface area (Å²) < 4.78 is 13.5. The van der Waals surface area contributed by atoms with E-state index in [9.17, 15) is 14.7 Å². The van der Waals surface area contributed by atoms with Crippen molar-refractivity contribution in [1.82, 2.24) is 9.55 Å². The van der Waals surface area contributed by atoms with Gasteiger partial charge in [-0.3, -0.25) is 14.3 Å². The number of aliphatic hydroxyl groups excluding tert-OH is 1. The van der Waals surface area contributed by atoms with Gasteiger partial charge >= 0.3 is 5.69 Å². The van der Waals surface area contributed by atoms with Crippen LogP contribution in [0.4, 0.5) is 0 Å². The van der Waals surface area contributed by atoms with E-state index in [-0.39, 0.29) is 23.9 Å². The Balaban J connectivity index is 2.32. The number of nitrogens with zero attached hydrogens (tertiary/aromatic N) is 1. The molecule has 1 fully saturated rings. The molecule has 0 aromatic carbocycles. The Labute approximate surface area is 136 Å². The largest absolute Gasteiger partial charge is 0.409 e. The van der Waals surface area contributed by atoms with Crippen LogP contribution in [0, 0.1) is 0 Å². The molecule has 130 valence electrons. The topological polar surface area (TPSA) is 93.5 Å². The minimum atomic E-state index is -2.06. The number of hydrogen-bond acceptors (Lipinski definition) is 5. The molecule has 0 unspecified atom stereocenters. The zero-order chi connectivity index (χ0) is 17.4. The van der Waals surface area contributed by atoms with E-state index in [0.717, 1.165) is 0 Å². The average Bonchev–Trinajstić information content (AvgIpc) is 2.79. The predicted molar refractivity (Wildman–Crippen MR) is 89.0 cm³/mol. The third kappa shape index (κ3) is 3.82.